The first-order valence-corrected chi connectivity index (χ1v) is 7.55. The van der Waals surface area contributed by atoms with Gasteiger partial charge in [0.05, 0.1) is 5.92 Å². The molecule has 2 aliphatic rings. The Bertz CT molecular complexity index is 548. The molecule has 6 nitrogen and oxygen atoms in total. The van der Waals surface area contributed by atoms with Gasteiger partial charge in [0.25, 0.3) is 0 Å². The summed E-state index contributed by atoms with van der Waals surface area (Å²) in [6.07, 6.45) is 5.93. The third kappa shape index (κ3) is 2.80. The van der Waals surface area contributed by atoms with Crippen LogP contribution in [-0.4, -0.2) is 57.8 Å². The van der Waals surface area contributed by atoms with Crippen molar-refractivity contribution in [2.24, 2.45) is 11.8 Å². The fourth-order valence-corrected chi connectivity index (χ4v) is 3.27. The molecule has 0 aliphatic carbocycles. The van der Waals surface area contributed by atoms with Gasteiger partial charge in [-0.3, -0.25) is 9.59 Å². The SMILES string of the molecule is CC(=O)N1CC(C(=O)N(C)CC2CCc3nccn3C2)C1. The van der Waals surface area contributed by atoms with E-state index in [1.807, 2.05) is 24.3 Å². The van der Waals surface area contributed by atoms with Gasteiger partial charge in [-0.1, -0.05) is 0 Å². The number of likely N-dealkylation sites (tertiary alicyclic amines) is 1. The van der Waals surface area contributed by atoms with Crippen molar-refractivity contribution in [3.05, 3.63) is 18.2 Å². The number of amides is 2. The van der Waals surface area contributed by atoms with E-state index in [0.717, 1.165) is 31.8 Å². The van der Waals surface area contributed by atoms with Crippen molar-refractivity contribution in [3.8, 4) is 0 Å². The number of hydrogen-bond acceptors (Lipinski definition) is 3. The van der Waals surface area contributed by atoms with E-state index in [-0.39, 0.29) is 17.7 Å². The lowest BCUT2D eigenvalue weighted by Crippen LogP contribution is -2.55. The molecule has 0 N–H and O–H groups in total. The summed E-state index contributed by atoms with van der Waals surface area (Å²) >= 11 is 0. The Morgan fingerprint density at radius 1 is 1.38 bits per heavy atom. The highest BCUT2D eigenvalue weighted by Crippen LogP contribution is 2.22. The van der Waals surface area contributed by atoms with E-state index in [2.05, 4.69) is 9.55 Å². The first-order valence-electron chi connectivity index (χ1n) is 7.55. The zero-order chi connectivity index (χ0) is 15.0. The van der Waals surface area contributed by atoms with E-state index in [9.17, 15) is 9.59 Å². The lowest BCUT2D eigenvalue weighted by Gasteiger charge is -2.40. The lowest BCUT2D eigenvalue weighted by atomic mass is 9.96. The number of nitrogens with zero attached hydrogens (tertiary/aromatic N) is 4. The van der Waals surface area contributed by atoms with Gasteiger partial charge in [-0.05, 0) is 12.3 Å². The third-order valence-corrected chi connectivity index (χ3v) is 4.62. The molecule has 2 amide bonds. The normalized spacial score (nSPS) is 21.6. The van der Waals surface area contributed by atoms with Crippen molar-refractivity contribution in [1.29, 1.82) is 0 Å². The van der Waals surface area contributed by atoms with Gasteiger partial charge in [0.15, 0.2) is 0 Å². The molecular weight excluding hydrogens is 268 g/mol. The molecule has 1 unspecified atom stereocenters. The number of aryl methyl sites for hydroxylation is 1. The first-order chi connectivity index (χ1) is 10.0. The van der Waals surface area contributed by atoms with Gasteiger partial charge in [0.2, 0.25) is 11.8 Å². The second-order valence-corrected chi connectivity index (χ2v) is 6.24. The average Bonchev–Trinajstić information content (AvgIpc) is 2.83. The van der Waals surface area contributed by atoms with E-state index in [4.69, 9.17) is 0 Å². The topological polar surface area (TPSA) is 58.4 Å². The summed E-state index contributed by atoms with van der Waals surface area (Å²) in [5.41, 5.74) is 0. The number of fused-ring (bicyclic) bond motifs is 1. The van der Waals surface area contributed by atoms with E-state index < -0.39 is 0 Å². The Labute approximate surface area is 124 Å². The Kier molecular flexibility index (Phi) is 3.69. The average molecular weight is 290 g/mol. The predicted molar refractivity (Wildman–Crippen MR) is 77.4 cm³/mol. The molecular formula is C15H22N4O2. The van der Waals surface area contributed by atoms with Crippen LogP contribution < -0.4 is 0 Å². The molecule has 1 aromatic rings. The molecule has 3 heterocycles. The van der Waals surface area contributed by atoms with Crippen LogP contribution in [-0.2, 0) is 22.6 Å². The standard InChI is InChI=1S/C15H22N4O2/c1-11(20)19-9-13(10-19)15(21)17(2)7-12-3-4-14-16-5-6-18(14)8-12/h5-6,12-13H,3-4,7-10H2,1-2H3. The molecule has 1 atom stereocenters. The third-order valence-electron chi connectivity index (χ3n) is 4.62. The van der Waals surface area contributed by atoms with Crippen molar-refractivity contribution >= 4 is 11.8 Å². The molecule has 114 valence electrons. The van der Waals surface area contributed by atoms with E-state index in [1.165, 1.54) is 0 Å². The lowest BCUT2D eigenvalue weighted by molar-refractivity contribution is -0.146. The quantitative estimate of drug-likeness (QED) is 0.809. The minimum Gasteiger partial charge on any atom is -0.345 e. The molecule has 0 saturated carbocycles. The maximum absolute atomic E-state index is 12.3. The molecule has 0 aromatic carbocycles. The minimum atomic E-state index is -0.00806. The van der Waals surface area contributed by atoms with Crippen LogP contribution in [0.25, 0.3) is 0 Å². The Hall–Kier alpha value is -1.85. The predicted octanol–water partition coefficient (Wildman–Crippen LogP) is 0.382. The zero-order valence-electron chi connectivity index (χ0n) is 12.7. The number of carbonyl (C=O) groups excluding carboxylic acids is 2. The Morgan fingerprint density at radius 2 is 2.14 bits per heavy atom. The number of hydrogen-bond donors (Lipinski definition) is 0. The summed E-state index contributed by atoms with van der Waals surface area (Å²) in [5.74, 6) is 1.86. The highest BCUT2D eigenvalue weighted by molar-refractivity contribution is 5.83. The van der Waals surface area contributed by atoms with Gasteiger partial charge in [0, 0.05) is 59.0 Å². The summed E-state index contributed by atoms with van der Waals surface area (Å²) in [5, 5.41) is 0. The summed E-state index contributed by atoms with van der Waals surface area (Å²) in [7, 11) is 1.88. The molecule has 2 aliphatic heterocycles. The van der Waals surface area contributed by atoms with Gasteiger partial charge in [-0.2, -0.15) is 0 Å². The summed E-state index contributed by atoms with van der Waals surface area (Å²) in [4.78, 5) is 31.4. The van der Waals surface area contributed by atoms with Crippen LogP contribution in [0, 0.1) is 11.8 Å². The zero-order valence-corrected chi connectivity index (χ0v) is 12.7. The molecule has 21 heavy (non-hydrogen) atoms. The van der Waals surface area contributed by atoms with E-state index >= 15 is 0 Å². The van der Waals surface area contributed by atoms with Crippen LogP contribution in [0.1, 0.15) is 19.2 Å². The number of carbonyl (C=O) groups is 2. The molecule has 0 spiro atoms. The van der Waals surface area contributed by atoms with Gasteiger partial charge < -0.3 is 14.4 Å². The van der Waals surface area contributed by atoms with Crippen molar-refractivity contribution in [2.45, 2.75) is 26.3 Å². The second kappa shape index (κ2) is 5.50. The molecule has 1 aromatic heterocycles. The van der Waals surface area contributed by atoms with Crippen molar-refractivity contribution in [2.75, 3.05) is 26.7 Å². The van der Waals surface area contributed by atoms with Crippen LogP contribution in [0.3, 0.4) is 0 Å². The largest absolute Gasteiger partial charge is 0.345 e. The Morgan fingerprint density at radius 3 is 2.86 bits per heavy atom. The van der Waals surface area contributed by atoms with Gasteiger partial charge in [-0.15, -0.1) is 0 Å². The van der Waals surface area contributed by atoms with Gasteiger partial charge >= 0.3 is 0 Å². The molecule has 0 bridgehead atoms. The molecule has 1 fully saturated rings. The molecule has 3 rings (SSSR count). The van der Waals surface area contributed by atoms with Crippen LogP contribution in [0.15, 0.2) is 12.4 Å². The second-order valence-electron chi connectivity index (χ2n) is 6.24. The highest BCUT2D eigenvalue weighted by atomic mass is 16.2. The molecule has 6 heteroatoms. The fraction of sp³-hybridized carbons (Fsp3) is 0.667. The molecule has 0 radical (unpaired) electrons. The van der Waals surface area contributed by atoms with Crippen LogP contribution in [0.4, 0.5) is 0 Å². The van der Waals surface area contributed by atoms with Crippen LogP contribution in [0.2, 0.25) is 0 Å². The molecule has 1 saturated heterocycles. The number of imidazole rings is 1. The first kappa shape index (κ1) is 14.1. The Balaban J connectivity index is 1.50. The van der Waals surface area contributed by atoms with Gasteiger partial charge in [-0.25, -0.2) is 4.98 Å². The number of aromatic nitrogens is 2. The maximum Gasteiger partial charge on any atom is 0.229 e. The maximum atomic E-state index is 12.3. The van der Waals surface area contributed by atoms with Crippen molar-refractivity contribution < 1.29 is 9.59 Å². The van der Waals surface area contributed by atoms with Crippen molar-refractivity contribution in [3.63, 3.8) is 0 Å². The summed E-state index contributed by atoms with van der Waals surface area (Å²) < 4.78 is 2.19. The van der Waals surface area contributed by atoms with E-state index in [1.54, 1.807) is 11.8 Å². The van der Waals surface area contributed by atoms with Crippen molar-refractivity contribution in [1.82, 2.24) is 19.4 Å². The fourth-order valence-electron chi connectivity index (χ4n) is 3.27. The van der Waals surface area contributed by atoms with E-state index in [0.29, 0.717) is 19.0 Å². The summed E-state index contributed by atoms with van der Waals surface area (Å²) in [6, 6.07) is 0. The van der Waals surface area contributed by atoms with Crippen LogP contribution in [0.5, 0.6) is 0 Å². The number of rotatable bonds is 3. The van der Waals surface area contributed by atoms with Crippen LogP contribution >= 0.6 is 0 Å². The monoisotopic (exact) mass is 290 g/mol. The minimum absolute atomic E-state index is 0.00806. The smallest absolute Gasteiger partial charge is 0.229 e. The van der Waals surface area contributed by atoms with Gasteiger partial charge in [0.1, 0.15) is 5.82 Å². The highest BCUT2D eigenvalue weighted by Gasteiger charge is 2.36. The summed E-state index contributed by atoms with van der Waals surface area (Å²) in [6.45, 7) is 4.43.